The summed E-state index contributed by atoms with van der Waals surface area (Å²) in [5.41, 5.74) is 0. The van der Waals surface area contributed by atoms with Gasteiger partial charge in [-0.2, -0.15) is 0 Å². The van der Waals surface area contributed by atoms with Crippen LogP contribution in [0.5, 0.6) is 0 Å². The molecule has 3 amide bonds. The number of carboxylic acids is 1. The Kier molecular flexibility index (Phi) is 19.9. The standard InChI is InChI=1S/C19H34BrN3O9/c1-29-8-9-31-13-17(25)22-6-7-30-10-11-32-14-18(26)23-15(19(27)28)4-2-3-5-21-16(24)12-20/h15H,2-14H2,1H3,(H,21,24)(H,22,25)(H,23,26)(H,27,28)/t15-/m1/s1. The van der Waals surface area contributed by atoms with E-state index in [4.69, 9.17) is 18.9 Å². The smallest absolute Gasteiger partial charge is 0.326 e. The van der Waals surface area contributed by atoms with Crippen molar-refractivity contribution in [2.75, 3.05) is 71.8 Å². The lowest BCUT2D eigenvalue weighted by Crippen LogP contribution is -2.42. The van der Waals surface area contributed by atoms with E-state index in [2.05, 4.69) is 31.9 Å². The Bertz CT molecular complexity index is 552. The lowest BCUT2D eigenvalue weighted by Gasteiger charge is -2.14. The van der Waals surface area contributed by atoms with Crippen molar-refractivity contribution in [3.8, 4) is 0 Å². The average molecular weight is 528 g/mol. The number of hydrogen-bond acceptors (Lipinski definition) is 8. The number of unbranched alkanes of at least 4 members (excludes halogenated alkanes) is 1. The fourth-order valence-corrected chi connectivity index (χ4v) is 2.45. The number of alkyl halides is 1. The summed E-state index contributed by atoms with van der Waals surface area (Å²) in [7, 11) is 1.55. The third kappa shape index (κ3) is 18.9. The third-order valence-corrected chi connectivity index (χ3v) is 4.34. The zero-order valence-electron chi connectivity index (χ0n) is 18.4. The van der Waals surface area contributed by atoms with Crippen molar-refractivity contribution in [3.63, 3.8) is 0 Å². The molecule has 32 heavy (non-hydrogen) atoms. The van der Waals surface area contributed by atoms with E-state index >= 15 is 0 Å². The maximum Gasteiger partial charge on any atom is 0.326 e. The number of methoxy groups -OCH3 is 1. The Morgan fingerprint density at radius 3 is 2.09 bits per heavy atom. The van der Waals surface area contributed by atoms with E-state index in [0.29, 0.717) is 39.1 Å². The summed E-state index contributed by atoms with van der Waals surface area (Å²) in [6.45, 7) is 1.82. The van der Waals surface area contributed by atoms with Crippen LogP contribution in [0.2, 0.25) is 0 Å². The zero-order chi connectivity index (χ0) is 24.0. The van der Waals surface area contributed by atoms with E-state index in [1.54, 1.807) is 7.11 Å². The van der Waals surface area contributed by atoms with Gasteiger partial charge < -0.3 is 40.0 Å². The Morgan fingerprint density at radius 1 is 0.812 bits per heavy atom. The second-order valence-electron chi connectivity index (χ2n) is 6.50. The van der Waals surface area contributed by atoms with Gasteiger partial charge in [-0.05, 0) is 19.3 Å². The number of amides is 3. The van der Waals surface area contributed by atoms with E-state index < -0.39 is 17.9 Å². The highest BCUT2D eigenvalue weighted by molar-refractivity contribution is 9.09. The summed E-state index contributed by atoms with van der Waals surface area (Å²) in [5, 5.41) is 17.1. The summed E-state index contributed by atoms with van der Waals surface area (Å²) >= 11 is 3.03. The van der Waals surface area contributed by atoms with Gasteiger partial charge in [-0.25, -0.2) is 4.79 Å². The van der Waals surface area contributed by atoms with Crippen molar-refractivity contribution >= 4 is 39.6 Å². The number of aliphatic carboxylic acids is 1. The molecule has 1 atom stereocenters. The molecule has 0 unspecified atom stereocenters. The van der Waals surface area contributed by atoms with Gasteiger partial charge in [-0.1, -0.05) is 15.9 Å². The predicted octanol–water partition coefficient (Wildman–Crippen LogP) is -0.950. The molecule has 0 saturated carbocycles. The molecule has 0 aliphatic carbocycles. The van der Waals surface area contributed by atoms with Crippen LogP contribution in [0.25, 0.3) is 0 Å². The molecular weight excluding hydrogens is 494 g/mol. The maximum atomic E-state index is 11.8. The molecular formula is C19H34BrN3O9. The lowest BCUT2D eigenvalue weighted by molar-refractivity contribution is -0.142. The molecule has 13 heteroatoms. The van der Waals surface area contributed by atoms with Gasteiger partial charge in [0.2, 0.25) is 17.7 Å². The molecule has 0 aliphatic heterocycles. The van der Waals surface area contributed by atoms with Crippen LogP contribution in [0, 0.1) is 0 Å². The molecule has 4 N–H and O–H groups in total. The third-order valence-electron chi connectivity index (χ3n) is 3.84. The van der Waals surface area contributed by atoms with Gasteiger partial charge in [0.05, 0.1) is 38.4 Å². The first-order chi connectivity index (χ1) is 15.4. The highest BCUT2D eigenvalue weighted by Gasteiger charge is 2.19. The first-order valence-corrected chi connectivity index (χ1v) is 11.4. The van der Waals surface area contributed by atoms with E-state index in [0.717, 1.165) is 0 Å². The first kappa shape index (κ1) is 30.2. The van der Waals surface area contributed by atoms with Gasteiger partial charge in [0, 0.05) is 20.2 Å². The maximum absolute atomic E-state index is 11.8. The van der Waals surface area contributed by atoms with Crippen molar-refractivity contribution in [1.29, 1.82) is 0 Å². The summed E-state index contributed by atoms with van der Waals surface area (Å²) in [5.74, 6) is -2.06. The van der Waals surface area contributed by atoms with Gasteiger partial charge in [-0.15, -0.1) is 0 Å². The van der Waals surface area contributed by atoms with Crippen molar-refractivity contribution in [2.24, 2.45) is 0 Å². The van der Waals surface area contributed by atoms with Crippen LogP contribution < -0.4 is 16.0 Å². The lowest BCUT2D eigenvalue weighted by atomic mass is 10.1. The molecule has 0 saturated heterocycles. The molecule has 0 rings (SSSR count). The Balaban J connectivity index is 3.71. The largest absolute Gasteiger partial charge is 0.480 e. The van der Waals surface area contributed by atoms with Crippen LogP contribution in [0.3, 0.4) is 0 Å². The molecule has 12 nitrogen and oxygen atoms in total. The topological polar surface area (TPSA) is 162 Å². The number of carboxylic acid groups (broad SMARTS) is 1. The Labute approximate surface area is 196 Å². The summed E-state index contributed by atoms with van der Waals surface area (Å²) in [4.78, 5) is 45.6. The minimum atomic E-state index is -1.13. The van der Waals surface area contributed by atoms with Gasteiger partial charge in [0.25, 0.3) is 0 Å². The van der Waals surface area contributed by atoms with E-state index in [1.807, 2.05) is 0 Å². The number of carbonyl (C=O) groups is 4. The molecule has 186 valence electrons. The molecule has 0 bridgehead atoms. The quantitative estimate of drug-likeness (QED) is 0.109. The van der Waals surface area contributed by atoms with Gasteiger partial charge in [-0.3, -0.25) is 14.4 Å². The molecule has 0 aromatic carbocycles. The monoisotopic (exact) mass is 527 g/mol. The van der Waals surface area contributed by atoms with E-state index in [9.17, 15) is 24.3 Å². The minimum absolute atomic E-state index is 0.0490. The number of hydrogen-bond donors (Lipinski definition) is 4. The van der Waals surface area contributed by atoms with Gasteiger partial charge >= 0.3 is 5.97 Å². The van der Waals surface area contributed by atoms with Crippen LogP contribution in [0.1, 0.15) is 19.3 Å². The summed E-state index contributed by atoms with van der Waals surface area (Å²) in [6.07, 6.45) is 1.38. The molecule has 0 aromatic heterocycles. The number of halogens is 1. The Hall–Kier alpha value is -1.80. The van der Waals surface area contributed by atoms with Crippen molar-refractivity contribution in [3.05, 3.63) is 0 Å². The number of nitrogens with one attached hydrogen (secondary N) is 3. The SMILES string of the molecule is COCCOCC(=O)NCCOCCOCC(=O)N[C@H](CCCCNC(=O)CBr)C(=O)O. The van der Waals surface area contributed by atoms with Gasteiger partial charge in [0.1, 0.15) is 19.3 Å². The van der Waals surface area contributed by atoms with Crippen molar-refractivity contribution < 1.29 is 43.2 Å². The fraction of sp³-hybridized carbons (Fsp3) is 0.789. The van der Waals surface area contributed by atoms with Crippen LogP contribution in [0.15, 0.2) is 0 Å². The molecule has 0 radical (unpaired) electrons. The van der Waals surface area contributed by atoms with Crippen LogP contribution in [-0.4, -0.2) is 107 Å². The minimum Gasteiger partial charge on any atom is -0.480 e. The van der Waals surface area contributed by atoms with Crippen LogP contribution in [0.4, 0.5) is 0 Å². The molecule has 0 spiro atoms. The number of rotatable bonds is 21. The summed E-state index contributed by atoms with van der Waals surface area (Å²) < 4.78 is 20.3. The molecule has 0 aliphatic rings. The Morgan fingerprint density at radius 2 is 1.44 bits per heavy atom. The van der Waals surface area contributed by atoms with Crippen LogP contribution >= 0.6 is 15.9 Å². The van der Waals surface area contributed by atoms with E-state index in [1.165, 1.54) is 0 Å². The average Bonchev–Trinajstić information content (AvgIpc) is 2.77. The number of carbonyl (C=O) groups excluding carboxylic acids is 3. The predicted molar refractivity (Wildman–Crippen MR) is 118 cm³/mol. The van der Waals surface area contributed by atoms with Crippen LogP contribution in [-0.2, 0) is 38.1 Å². The van der Waals surface area contributed by atoms with Gasteiger partial charge in [0.15, 0.2) is 0 Å². The van der Waals surface area contributed by atoms with Crippen molar-refractivity contribution in [2.45, 2.75) is 25.3 Å². The first-order valence-electron chi connectivity index (χ1n) is 10.2. The second kappa shape index (κ2) is 21.1. The molecule has 0 heterocycles. The fourth-order valence-electron chi connectivity index (χ4n) is 2.25. The summed E-state index contributed by atoms with van der Waals surface area (Å²) in [6, 6.07) is -1.02. The normalized spacial score (nSPS) is 11.6. The highest BCUT2D eigenvalue weighted by atomic mass is 79.9. The van der Waals surface area contributed by atoms with Crippen molar-refractivity contribution in [1.82, 2.24) is 16.0 Å². The number of ether oxygens (including phenoxy) is 4. The molecule has 0 fully saturated rings. The second-order valence-corrected chi connectivity index (χ2v) is 7.06. The molecule has 0 aromatic rings. The zero-order valence-corrected chi connectivity index (χ0v) is 19.9. The highest BCUT2D eigenvalue weighted by Crippen LogP contribution is 2.01. The van der Waals surface area contributed by atoms with E-state index in [-0.39, 0.29) is 56.6 Å².